The van der Waals surface area contributed by atoms with Gasteiger partial charge in [-0.05, 0) is 37.7 Å². The van der Waals surface area contributed by atoms with Gasteiger partial charge in [-0.3, -0.25) is 4.68 Å². The maximum absolute atomic E-state index is 12.3. The van der Waals surface area contributed by atoms with Crippen molar-refractivity contribution in [2.75, 3.05) is 6.61 Å². The molecule has 2 fully saturated rings. The lowest BCUT2D eigenvalue weighted by molar-refractivity contribution is 0.0488. The lowest BCUT2D eigenvalue weighted by Crippen LogP contribution is -2.09. The number of nitrogens with zero attached hydrogens (tertiary/aromatic N) is 3. The third-order valence-electron chi connectivity index (χ3n) is 4.09. The summed E-state index contributed by atoms with van der Waals surface area (Å²) in [6, 6.07) is 1.90. The highest BCUT2D eigenvalue weighted by Crippen LogP contribution is 2.40. The molecule has 0 N–H and O–H groups in total. The molecule has 0 aromatic carbocycles. The molecule has 0 bridgehead atoms. The largest absolute Gasteiger partial charge is 0.462 e. The van der Waals surface area contributed by atoms with Crippen LogP contribution in [0.15, 0.2) is 12.3 Å². The van der Waals surface area contributed by atoms with Crippen LogP contribution in [-0.2, 0) is 11.8 Å². The van der Waals surface area contributed by atoms with Gasteiger partial charge in [0.25, 0.3) is 0 Å². The second kappa shape index (κ2) is 4.30. The molecule has 2 aromatic heterocycles. The zero-order valence-corrected chi connectivity index (χ0v) is 11.5. The van der Waals surface area contributed by atoms with Gasteiger partial charge in [-0.15, -0.1) is 0 Å². The number of esters is 1. The van der Waals surface area contributed by atoms with Crippen molar-refractivity contribution < 1.29 is 9.53 Å². The van der Waals surface area contributed by atoms with Crippen molar-refractivity contribution in [3.05, 3.63) is 23.5 Å². The maximum atomic E-state index is 12.3. The minimum Gasteiger partial charge on any atom is -0.462 e. The number of hydrogen-bond donors (Lipinski definition) is 0. The van der Waals surface area contributed by atoms with Crippen molar-refractivity contribution in [2.45, 2.75) is 31.6 Å². The summed E-state index contributed by atoms with van der Waals surface area (Å²) in [5.74, 6) is 0.844. The molecule has 0 atom stereocenters. The Labute approximate surface area is 116 Å². The monoisotopic (exact) mass is 271 g/mol. The van der Waals surface area contributed by atoms with Crippen LogP contribution < -0.4 is 0 Å². The fourth-order valence-electron chi connectivity index (χ4n) is 2.45. The number of pyridine rings is 1. The van der Waals surface area contributed by atoms with Gasteiger partial charge in [0.2, 0.25) is 0 Å². The van der Waals surface area contributed by atoms with Gasteiger partial charge in [0.05, 0.1) is 23.8 Å². The Morgan fingerprint density at radius 3 is 2.90 bits per heavy atom. The fraction of sp³-hybridized carbons (Fsp3) is 0.533. The molecule has 0 amide bonds. The van der Waals surface area contributed by atoms with Gasteiger partial charge in [-0.1, -0.05) is 0 Å². The number of carbonyl (C=O) groups is 1. The molecule has 2 saturated carbocycles. The summed E-state index contributed by atoms with van der Waals surface area (Å²) in [4.78, 5) is 16.9. The first kappa shape index (κ1) is 11.9. The summed E-state index contributed by atoms with van der Waals surface area (Å²) >= 11 is 0. The molecule has 2 heterocycles. The molecule has 0 radical (unpaired) electrons. The van der Waals surface area contributed by atoms with Gasteiger partial charge >= 0.3 is 5.97 Å². The molecular formula is C15H17N3O2. The fourth-order valence-corrected chi connectivity index (χ4v) is 2.45. The van der Waals surface area contributed by atoms with Gasteiger partial charge in [0.1, 0.15) is 0 Å². The molecule has 0 aliphatic heterocycles. The Hall–Kier alpha value is -1.91. The number of aryl methyl sites for hydroxylation is 1. The minimum atomic E-state index is -0.237. The van der Waals surface area contributed by atoms with Gasteiger partial charge in [0, 0.05) is 18.7 Å². The summed E-state index contributed by atoms with van der Waals surface area (Å²) in [5.41, 5.74) is 2.39. The smallest absolute Gasteiger partial charge is 0.339 e. The highest BCUT2D eigenvalue weighted by molar-refractivity contribution is 6.02. The van der Waals surface area contributed by atoms with Crippen LogP contribution in [0.5, 0.6) is 0 Å². The molecule has 104 valence electrons. The summed E-state index contributed by atoms with van der Waals surface area (Å²) in [5, 5.41) is 5.00. The maximum Gasteiger partial charge on any atom is 0.339 e. The molecular weight excluding hydrogens is 254 g/mol. The lowest BCUT2D eigenvalue weighted by atomic mass is 10.1. The van der Waals surface area contributed by atoms with Gasteiger partial charge in [0.15, 0.2) is 5.65 Å². The summed E-state index contributed by atoms with van der Waals surface area (Å²) < 4.78 is 7.14. The molecule has 5 heteroatoms. The number of hydrogen-bond acceptors (Lipinski definition) is 4. The van der Waals surface area contributed by atoms with E-state index in [0.29, 0.717) is 24.0 Å². The first-order valence-electron chi connectivity index (χ1n) is 7.22. The topological polar surface area (TPSA) is 57.0 Å². The molecule has 20 heavy (non-hydrogen) atoms. The van der Waals surface area contributed by atoms with Crippen LogP contribution in [0.2, 0.25) is 0 Å². The molecule has 2 aliphatic carbocycles. The van der Waals surface area contributed by atoms with Gasteiger partial charge < -0.3 is 4.74 Å². The number of rotatable bonds is 4. The van der Waals surface area contributed by atoms with Gasteiger partial charge in [-0.25, -0.2) is 9.78 Å². The highest BCUT2D eigenvalue weighted by atomic mass is 16.5. The van der Waals surface area contributed by atoms with E-state index in [9.17, 15) is 4.79 Å². The lowest BCUT2D eigenvalue weighted by Gasteiger charge is -2.07. The van der Waals surface area contributed by atoms with E-state index in [1.807, 2.05) is 13.1 Å². The van der Waals surface area contributed by atoms with Crippen LogP contribution >= 0.6 is 0 Å². The van der Waals surface area contributed by atoms with Crippen molar-refractivity contribution in [3.63, 3.8) is 0 Å². The molecule has 0 spiro atoms. The van der Waals surface area contributed by atoms with E-state index < -0.39 is 0 Å². The summed E-state index contributed by atoms with van der Waals surface area (Å²) in [6.45, 7) is 0.543. The Morgan fingerprint density at radius 1 is 1.40 bits per heavy atom. The van der Waals surface area contributed by atoms with Crippen LogP contribution in [0.3, 0.4) is 0 Å². The predicted molar refractivity (Wildman–Crippen MR) is 73.5 cm³/mol. The summed E-state index contributed by atoms with van der Waals surface area (Å²) in [7, 11) is 1.85. The van der Waals surface area contributed by atoms with E-state index in [4.69, 9.17) is 4.74 Å². The normalized spacial score (nSPS) is 18.4. The van der Waals surface area contributed by atoms with E-state index in [-0.39, 0.29) is 5.97 Å². The Kier molecular flexibility index (Phi) is 2.55. The predicted octanol–water partition coefficient (Wildman–Crippen LogP) is 2.41. The van der Waals surface area contributed by atoms with E-state index in [0.717, 1.165) is 29.6 Å². The number of aromatic nitrogens is 3. The van der Waals surface area contributed by atoms with E-state index in [2.05, 4.69) is 10.1 Å². The van der Waals surface area contributed by atoms with E-state index in [1.54, 1.807) is 10.9 Å². The zero-order valence-electron chi connectivity index (χ0n) is 11.5. The first-order chi connectivity index (χ1) is 9.72. The number of carbonyl (C=O) groups excluding carboxylic acids is 1. The SMILES string of the molecule is Cn1ncc2c(C(=O)OCC3CC3)cc(C3CC3)nc21. The molecule has 2 aliphatic rings. The second-order valence-electron chi connectivity index (χ2n) is 5.92. The number of fused-ring (bicyclic) bond motifs is 1. The third-order valence-corrected chi connectivity index (χ3v) is 4.09. The second-order valence-corrected chi connectivity index (χ2v) is 5.92. The van der Waals surface area contributed by atoms with Crippen LogP contribution in [0.25, 0.3) is 11.0 Å². The average Bonchev–Trinajstić information content (AvgIpc) is 3.35. The highest BCUT2D eigenvalue weighted by Gasteiger charge is 2.29. The van der Waals surface area contributed by atoms with Crippen LogP contribution in [0.4, 0.5) is 0 Å². The van der Waals surface area contributed by atoms with Crippen molar-refractivity contribution in [2.24, 2.45) is 13.0 Å². The standard InChI is InChI=1S/C15H17N3O2/c1-18-14-12(7-16-18)11(6-13(17-14)10-4-5-10)15(19)20-8-9-2-3-9/h6-7,9-10H,2-5,8H2,1H3. The third kappa shape index (κ3) is 2.07. The van der Waals surface area contributed by atoms with Crippen LogP contribution in [0.1, 0.15) is 47.7 Å². The molecule has 0 saturated heterocycles. The van der Waals surface area contributed by atoms with Crippen molar-refractivity contribution in [1.82, 2.24) is 14.8 Å². The van der Waals surface area contributed by atoms with E-state index in [1.165, 1.54) is 12.8 Å². The van der Waals surface area contributed by atoms with Crippen molar-refractivity contribution >= 4 is 17.0 Å². The van der Waals surface area contributed by atoms with Crippen LogP contribution in [0, 0.1) is 5.92 Å². The molecule has 2 aromatic rings. The van der Waals surface area contributed by atoms with Crippen molar-refractivity contribution in [1.29, 1.82) is 0 Å². The molecule has 5 nitrogen and oxygen atoms in total. The van der Waals surface area contributed by atoms with Crippen molar-refractivity contribution in [3.8, 4) is 0 Å². The van der Waals surface area contributed by atoms with Crippen LogP contribution in [-0.4, -0.2) is 27.3 Å². The molecule has 4 rings (SSSR count). The summed E-state index contributed by atoms with van der Waals surface area (Å²) in [6.07, 6.45) is 6.38. The zero-order chi connectivity index (χ0) is 13.7. The molecule has 0 unspecified atom stereocenters. The quantitative estimate of drug-likeness (QED) is 0.801. The number of ether oxygens (including phenoxy) is 1. The Balaban J connectivity index is 1.73. The van der Waals surface area contributed by atoms with Gasteiger partial charge in [-0.2, -0.15) is 5.10 Å². The first-order valence-corrected chi connectivity index (χ1v) is 7.22. The van der Waals surface area contributed by atoms with E-state index >= 15 is 0 Å². The Morgan fingerprint density at radius 2 is 2.20 bits per heavy atom. The Bertz CT molecular complexity index is 684. The minimum absolute atomic E-state index is 0.237. The average molecular weight is 271 g/mol.